The number of nitrogens with zero attached hydrogens (tertiary/aromatic N) is 1. The molecule has 0 radical (unpaired) electrons. The van der Waals surface area contributed by atoms with Crippen molar-refractivity contribution in [3.63, 3.8) is 0 Å². The molecular weight excluding hydrogens is 134 g/mol. The lowest BCUT2D eigenvalue weighted by Gasteiger charge is -2.16. The Morgan fingerprint density at radius 2 is 2.33 bits per heavy atom. The van der Waals surface area contributed by atoms with Crippen LogP contribution in [0.5, 0.6) is 0 Å². The number of nitriles is 1. The van der Waals surface area contributed by atoms with E-state index in [1.54, 1.807) is 7.11 Å². The van der Waals surface area contributed by atoms with Crippen LogP contribution in [-0.4, -0.2) is 24.7 Å². The average molecular weight is 145 g/mol. The summed E-state index contributed by atoms with van der Waals surface area (Å²) in [6.07, 6.45) is 1.90. The maximum absolute atomic E-state index is 8.57. The maximum Gasteiger partial charge on any atom is 0.122 e. The lowest BCUT2D eigenvalue weighted by molar-refractivity contribution is 0.188. The van der Waals surface area contributed by atoms with Crippen LogP contribution >= 0.6 is 11.8 Å². The fourth-order valence-electron chi connectivity index (χ4n) is 0.412. The normalized spacial score (nSPS) is 16.2. The van der Waals surface area contributed by atoms with E-state index in [4.69, 9.17) is 10.00 Å². The number of hydrogen-bond acceptors (Lipinski definition) is 3. The summed E-state index contributed by atoms with van der Waals surface area (Å²) in [6.45, 7) is 2.35. The van der Waals surface area contributed by atoms with Crippen LogP contribution in [-0.2, 0) is 4.74 Å². The molecule has 3 heteroatoms. The van der Waals surface area contributed by atoms with Crippen LogP contribution in [0.3, 0.4) is 0 Å². The zero-order valence-corrected chi connectivity index (χ0v) is 6.79. The standard InChI is InChI=1S/C6H11NOS/c1-6(4-7,9-3)5-8-2/h5H2,1-3H3. The van der Waals surface area contributed by atoms with Crippen molar-refractivity contribution in [2.75, 3.05) is 20.0 Å². The highest BCUT2D eigenvalue weighted by Gasteiger charge is 2.21. The number of ether oxygens (including phenoxy) is 1. The Morgan fingerprint density at radius 3 is 2.44 bits per heavy atom. The molecule has 0 aliphatic rings. The summed E-state index contributed by atoms with van der Waals surface area (Å²) >= 11 is 1.51. The van der Waals surface area contributed by atoms with Crippen LogP contribution in [0.4, 0.5) is 0 Å². The van der Waals surface area contributed by atoms with Crippen LogP contribution in [0.15, 0.2) is 0 Å². The van der Waals surface area contributed by atoms with Crippen molar-refractivity contribution in [1.82, 2.24) is 0 Å². The van der Waals surface area contributed by atoms with Gasteiger partial charge in [0.25, 0.3) is 0 Å². The fourth-order valence-corrected chi connectivity index (χ4v) is 0.739. The van der Waals surface area contributed by atoms with E-state index in [0.29, 0.717) is 6.61 Å². The molecule has 2 nitrogen and oxygen atoms in total. The van der Waals surface area contributed by atoms with E-state index in [0.717, 1.165) is 0 Å². The van der Waals surface area contributed by atoms with E-state index in [9.17, 15) is 0 Å². The van der Waals surface area contributed by atoms with Gasteiger partial charge in [0.1, 0.15) is 4.75 Å². The third-order valence-corrected chi connectivity index (χ3v) is 2.22. The van der Waals surface area contributed by atoms with E-state index in [-0.39, 0.29) is 4.75 Å². The van der Waals surface area contributed by atoms with Crippen molar-refractivity contribution in [2.45, 2.75) is 11.7 Å². The summed E-state index contributed by atoms with van der Waals surface area (Å²) in [5.74, 6) is 0. The molecule has 0 fully saturated rings. The van der Waals surface area contributed by atoms with Crippen molar-refractivity contribution in [3.8, 4) is 6.07 Å². The van der Waals surface area contributed by atoms with Crippen molar-refractivity contribution in [3.05, 3.63) is 0 Å². The quantitative estimate of drug-likeness (QED) is 0.599. The minimum atomic E-state index is -0.366. The summed E-state index contributed by atoms with van der Waals surface area (Å²) in [6, 6.07) is 2.17. The maximum atomic E-state index is 8.57. The summed E-state index contributed by atoms with van der Waals surface area (Å²) in [5, 5.41) is 8.57. The van der Waals surface area contributed by atoms with Gasteiger partial charge in [-0.2, -0.15) is 5.26 Å². The number of thioether (sulfide) groups is 1. The van der Waals surface area contributed by atoms with Crippen LogP contribution in [0.1, 0.15) is 6.92 Å². The highest BCUT2D eigenvalue weighted by atomic mass is 32.2. The second kappa shape index (κ2) is 3.76. The van der Waals surface area contributed by atoms with Gasteiger partial charge in [-0.1, -0.05) is 0 Å². The zero-order valence-electron chi connectivity index (χ0n) is 5.97. The lowest BCUT2D eigenvalue weighted by Crippen LogP contribution is -2.23. The molecule has 0 saturated carbocycles. The Morgan fingerprint density at radius 1 is 1.78 bits per heavy atom. The Hall–Kier alpha value is -0.200. The first-order valence-corrected chi connectivity index (χ1v) is 3.86. The molecule has 0 aromatic carbocycles. The average Bonchev–Trinajstić information content (AvgIpc) is 1.89. The smallest absolute Gasteiger partial charge is 0.122 e. The second-order valence-corrected chi connectivity index (χ2v) is 3.29. The van der Waals surface area contributed by atoms with E-state index in [2.05, 4.69) is 6.07 Å². The van der Waals surface area contributed by atoms with Gasteiger partial charge >= 0.3 is 0 Å². The molecule has 0 rings (SSSR count). The van der Waals surface area contributed by atoms with Gasteiger partial charge in [0.05, 0.1) is 12.7 Å². The fraction of sp³-hybridized carbons (Fsp3) is 0.833. The summed E-state index contributed by atoms with van der Waals surface area (Å²) < 4.78 is 4.48. The molecule has 0 N–H and O–H groups in total. The van der Waals surface area contributed by atoms with Gasteiger partial charge in [-0.15, -0.1) is 11.8 Å². The number of hydrogen-bond donors (Lipinski definition) is 0. The molecule has 0 aliphatic carbocycles. The zero-order chi connectivity index (χ0) is 7.33. The van der Waals surface area contributed by atoms with Crippen LogP contribution in [0.2, 0.25) is 0 Å². The Bertz CT molecular complexity index is 121. The van der Waals surface area contributed by atoms with Gasteiger partial charge in [0.15, 0.2) is 0 Å². The van der Waals surface area contributed by atoms with Gasteiger partial charge in [0, 0.05) is 7.11 Å². The van der Waals surface area contributed by atoms with Gasteiger partial charge in [0.2, 0.25) is 0 Å². The molecule has 0 aliphatic heterocycles. The predicted molar refractivity (Wildman–Crippen MR) is 39.4 cm³/mol. The first kappa shape index (κ1) is 8.80. The van der Waals surface area contributed by atoms with Gasteiger partial charge < -0.3 is 4.74 Å². The molecule has 0 saturated heterocycles. The molecule has 0 spiro atoms. The SMILES string of the molecule is COCC(C)(C#N)SC. The molecule has 0 heterocycles. The molecule has 0 amide bonds. The second-order valence-electron chi connectivity index (χ2n) is 1.98. The van der Waals surface area contributed by atoms with E-state index in [1.165, 1.54) is 11.8 Å². The molecule has 52 valence electrons. The largest absolute Gasteiger partial charge is 0.382 e. The first-order chi connectivity index (χ1) is 4.18. The number of methoxy groups -OCH3 is 1. The highest BCUT2D eigenvalue weighted by Crippen LogP contribution is 2.20. The molecule has 1 unspecified atom stereocenters. The van der Waals surface area contributed by atoms with Crippen molar-refractivity contribution >= 4 is 11.8 Å². The Balaban J connectivity index is 3.81. The van der Waals surface area contributed by atoms with E-state index < -0.39 is 0 Å². The molecule has 0 bridgehead atoms. The van der Waals surface area contributed by atoms with Crippen molar-refractivity contribution in [1.29, 1.82) is 5.26 Å². The summed E-state index contributed by atoms with van der Waals surface area (Å²) in [7, 11) is 1.60. The molecule has 1 atom stereocenters. The molecular formula is C6H11NOS. The predicted octanol–water partition coefficient (Wildman–Crippen LogP) is 1.28. The first-order valence-electron chi connectivity index (χ1n) is 2.64. The van der Waals surface area contributed by atoms with Gasteiger partial charge in [-0.25, -0.2) is 0 Å². The Labute approximate surface area is 60.2 Å². The minimum absolute atomic E-state index is 0.366. The molecule has 9 heavy (non-hydrogen) atoms. The molecule has 0 aromatic heterocycles. The highest BCUT2D eigenvalue weighted by molar-refractivity contribution is 8.00. The minimum Gasteiger partial charge on any atom is -0.382 e. The van der Waals surface area contributed by atoms with E-state index >= 15 is 0 Å². The number of rotatable bonds is 3. The van der Waals surface area contributed by atoms with Gasteiger partial charge in [-0.05, 0) is 13.2 Å². The van der Waals surface area contributed by atoms with Crippen molar-refractivity contribution < 1.29 is 4.74 Å². The third-order valence-electron chi connectivity index (χ3n) is 1.11. The van der Waals surface area contributed by atoms with Crippen molar-refractivity contribution in [2.24, 2.45) is 0 Å². The summed E-state index contributed by atoms with van der Waals surface area (Å²) in [4.78, 5) is 0. The third kappa shape index (κ3) is 2.73. The van der Waals surface area contributed by atoms with Crippen LogP contribution in [0.25, 0.3) is 0 Å². The molecule has 0 aromatic rings. The Kier molecular flexibility index (Phi) is 3.67. The monoisotopic (exact) mass is 145 g/mol. The van der Waals surface area contributed by atoms with Crippen LogP contribution in [0, 0.1) is 11.3 Å². The van der Waals surface area contributed by atoms with Gasteiger partial charge in [-0.3, -0.25) is 0 Å². The summed E-state index contributed by atoms with van der Waals surface area (Å²) in [5.41, 5.74) is 0. The lowest BCUT2D eigenvalue weighted by atomic mass is 10.2. The van der Waals surface area contributed by atoms with Crippen LogP contribution < -0.4 is 0 Å². The van der Waals surface area contributed by atoms with E-state index in [1.807, 2.05) is 13.2 Å². The topological polar surface area (TPSA) is 33.0 Å².